The Morgan fingerprint density at radius 3 is 2.25 bits per heavy atom. The summed E-state index contributed by atoms with van der Waals surface area (Å²) in [6.07, 6.45) is 12.2. The van der Waals surface area contributed by atoms with Gasteiger partial charge < -0.3 is 10.2 Å². The number of fused-ring (bicyclic) bond motifs is 1. The summed E-state index contributed by atoms with van der Waals surface area (Å²) in [5, 5.41) is 7.33. The number of sulfonamides is 1. The Morgan fingerprint density at radius 2 is 1.55 bits per heavy atom. The van der Waals surface area contributed by atoms with Gasteiger partial charge in [-0.15, -0.1) is 0 Å². The number of aromatic nitrogens is 2. The van der Waals surface area contributed by atoms with E-state index in [0.29, 0.717) is 37.2 Å². The van der Waals surface area contributed by atoms with Gasteiger partial charge in [0.05, 0.1) is 22.2 Å². The first-order valence-electron chi connectivity index (χ1n) is 14.6. The molecule has 0 bridgehead atoms. The Morgan fingerprint density at radius 1 is 0.850 bits per heavy atom. The second kappa shape index (κ2) is 11.3. The molecule has 10 heteroatoms. The zero-order chi connectivity index (χ0) is 27.7. The molecule has 0 radical (unpaired) electrons. The number of pyridine rings is 1. The third kappa shape index (κ3) is 5.39. The number of benzene rings is 1. The number of hydrogen-bond acceptors (Lipinski definition) is 5. The summed E-state index contributed by atoms with van der Waals surface area (Å²) >= 11 is 0. The minimum absolute atomic E-state index is 0.0269. The van der Waals surface area contributed by atoms with Gasteiger partial charge in [-0.25, -0.2) is 12.9 Å². The number of anilines is 1. The first-order chi connectivity index (χ1) is 19.4. The van der Waals surface area contributed by atoms with Crippen LogP contribution < -0.4 is 5.32 Å². The smallest absolute Gasteiger partial charge is 0.257 e. The molecule has 0 atom stereocenters. The second-order valence-electron chi connectivity index (χ2n) is 11.4. The number of piperidine rings is 1. The minimum Gasteiger partial charge on any atom is -0.339 e. The highest BCUT2D eigenvalue weighted by molar-refractivity contribution is 7.89. The van der Waals surface area contributed by atoms with Gasteiger partial charge in [0.15, 0.2) is 0 Å². The van der Waals surface area contributed by atoms with Crippen molar-refractivity contribution < 1.29 is 18.0 Å². The summed E-state index contributed by atoms with van der Waals surface area (Å²) in [7, 11) is -3.63. The lowest BCUT2D eigenvalue weighted by Crippen LogP contribution is -2.37. The van der Waals surface area contributed by atoms with Crippen molar-refractivity contribution in [1.82, 2.24) is 18.8 Å². The molecule has 2 saturated heterocycles. The maximum absolute atomic E-state index is 13.4. The molecule has 4 heterocycles. The van der Waals surface area contributed by atoms with Crippen LogP contribution in [-0.2, 0) is 14.8 Å². The summed E-state index contributed by atoms with van der Waals surface area (Å²) in [6, 6.07) is 10.6. The van der Waals surface area contributed by atoms with Crippen LogP contribution in [0.2, 0.25) is 0 Å². The molecule has 3 aromatic rings. The third-order valence-electron chi connectivity index (χ3n) is 8.83. The van der Waals surface area contributed by atoms with Gasteiger partial charge in [0.25, 0.3) is 5.91 Å². The van der Waals surface area contributed by atoms with Crippen molar-refractivity contribution >= 4 is 33.0 Å². The predicted molar refractivity (Wildman–Crippen MR) is 153 cm³/mol. The third-order valence-corrected chi connectivity index (χ3v) is 10.7. The molecule has 40 heavy (non-hydrogen) atoms. The van der Waals surface area contributed by atoms with E-state index in [1.807, 2.05) is 23.2 Å². The fraction of sp³-hybridized carbons (Fsp3) is 0.500. The lowest BCUT2D eigenvalue weighted by molar-refractivity contribution is -0.120. The largest absolute Gasteiger partial charge is 0.339 e. The SMILES string of the molecule is O=C(Nc1ccc(S(=O)(=O)N2CCC(c3ccn4ncc(C(=O)N5CCCC5)c4c3)CC2)cc1)C1CCCCC1. The van der Waals surface area contributed by atoms with E-state index in [0.717, 1.165) is 62.7 Å². The van der Waals surface area contributed by atoms with E-state index in [1.54, 1.807) is 39.3 Å². The first kappa shape index (κ1) is 27.0. The first-order valence-corrected chi connectivity index (χ1v) is 16.0. The van der Waals surface area contributed by atoms with E-state index >= 15 is 0 Å². The molecule has 1 aromatic carbocycles. The average Bonchev–Trinajstić information content (AvgIpc) is 3.68. The van der Waals surface area contributed by atoms with Gasteiger partial charge in [-0.2, -0.15) is 9.40 Å². The van der Waals surface area contributed by atoms with Gasteiger partial charge in [-0.3, -0.25) is 9.59 Å². The van der Waals surface area contributed by atoms with Crippen molar-refractivity contribution in [2.45, 2.75) is 68.6 Å². The van der Waals surface area contributed by atoms with E-state index in [2.05, 4.69) is 10.4 Å². The van der Waals surface area contributed by atoms with Crippen LogP contribution in [0.5, 0.6) is 0 Å². The molecule has 2 aliphatic heterocycles. The summed E-state index contributed by atoms with van der Waals surface area (Å²) in [4.78, 5) is 27.7. The molecule has 6 rings (SSSR count). The quantitative estimate of drug-likeness (QED) is 0.470. The number of amides is 2. The molecule has 212 valence electrons. The summed E-state index contributed by atoms with van der Waals surface area (Å²) in [5.74, 6) is 0.313. The number of nitrogens with one attached hydrogen (secondary N) is 1. The van der Waals surface area contributed by atoms with Gasteiger partial charge >= 0.3 is 0 Å². The molecule has 1 saturated carbocycles. The highest BCUT2D eigenvalue weighted by Gasteiger charge is 2.31. The Labute approximate surface area is 235 Å². The minimum atomic E-state index is -3.63. The van der Waals surface area contributed by atoms with Gasteiger partial charge in [-0.1, -0.05) is 19.3 Å². The molecular weight excluding hydrogens is 526 g/mol. The zero-order valence-electron chi connectivity index (χ0n) is 22.8. The van der Waals surface area contributed by atoms with Gasteiger partial charge in [0.2, 0.25) is 15.9 Å². The molecule has 3 aliphatic rings. The van der Waals surface area contributed by atoms with Crippen molar-refractivity contribution in [3.05, 3.63) is 59.9 Å². The van der Waals surface area contributed by atoms with Crippen LogP contribution in [-0.4, -0.2) is 65.2 Å². The molecule has 0 spiro atoms. The second-order valence-corrected chi connectivity index (χ2v) is 13.3. The standard InChI is InChI=1S/C30H37N5O4S/c36-29(23-6-2-1-3-7-23)32-25-8-10-26(11-9-25)40(38,39)34-17-12-22(13-18-34)24-14-19-35-28(20-24)27(21-31-35)30(37)33-15-4-5-16-33/h8-11,14,19-23H,1-7,12-13,15-18H2,(H,32,36). The van der Waals surface area contributed by atoms with Crippen molar-refractivity contribution in [2.24, 2.45) is 5.92 Å². The Bertz CT molecular complexity index is 1480. The van der Waals surface area contributed by atoms with Crippen LogP contribution in [0.15, 0.2) is 53.7 Å². The topological polar surface area (TPSA) is 104 Å². The van der Waals surface area contributed by atoms with E-state index in [9.17, 15) is 18.0 Å². The maximum atomic E-state index is 13.4. The molecule has 1 aliphatic carbocycles. The molecule has 2 aromatic heterocycles. The molecule has 2 amide bonds. The molecular formula is C30H37N5O4S. The summed E-state index contributed by atoms with van der Waals surface area (Å²) in [6.45, 7) is 2.44. The van der Waals surface area contributed by atoms with Gasteiger partial charge in [0, 0.05) is 44.0 Å². The maximum Gasteiger partial charge on any atom is 0.257 e. The Hall–Kier alpha value is -3.24. The monoisotopic (exact) mass is 563 g/mol. The van der Waals surface area contributed by atoms with Gasteiger partial charge in [0.1, 0.15) is 0 Å². The fourth-order valence-corrected chi connectivity index (χ4v) is 7.87. The van der Waals surface area contributed by atoms with Crippen LogP contribution in [0.3, 0.4) is 0 Å². The average molecular weight is 564 g/mol. The molecule has 3 fully saturated rings. The number of likely N-dealkylation sites (tertiary alicyclic amines) is 1. The fourth-order valence-electron chi connectivity index (χ4n) is 6.40. The lowest BCUT2D eigenvalue weighted by atomic mass is 9.88. The van der Waals surface area contributed by atoms with E-state index in [4.69, 9.17) is 0 Å². The van der Waals surface area contributed by atoms with Crippen LogP contribution in [0.4, 0.5) is 5.69 Å². The molecule has 9 nitrogen and oxygen atoms in total. The van der Waals surface area contributed by atoms with E-state index in [1.165, 1.54) is 6.42 Å². The number of carbonyl (C=O) groups is 2. The van der Waals surface area contributed by atoms with E-state index < -0.39 is 10.0 Å². The normalized spacial score (nSPS) is 19.8. The van der Waals surface area contributed by atoms with Crippen LogP contribution in [0, 0.1) is 5.92 Å². The summed E-state index contributed by atoms with van der Waals surface area (Å²) < 4.78 is 30.1. The van der Waals surface area contributed by atoms with E-state index in [-0.39, 0.29) is 28.5 Å². The molecule has 0 unspecified atom stereocenters. The van der Waals surface area contributed by atoms with Gasteiger partial charge in [-0.05, 0) is 86.4 Å². The summed E-state index contributed by atoms with van der Waals surface area (Å²) in [5.41, 5.74) is 3.17. The van der Waals surface area contributed by atoms with Crippen LogP contribution >= 0.6 is 0 Å². The lowest BCUT2D eigenvalue weighted by Gasteiger charge is -2.31. The number of carbonyl (C=O) groups excluding carboxylic acids is 2. The Balaban J connectivity index is 1.09. The van der Waals surface area contributed by atoms with Crippen molar-refractivity contribution in [3.63, 3.8) is 0 Å². The number of hydrogen-bond donors (Lipinski definition) is 1. The highest BCUT2D eigenvalue weighted by Crippen LogP contribution is 2.32. The van der Waals surface area contributed by atoms with Crippen LogP contribution in [0.25, 0.3) is 5.52 Å². The predicted octanol–water partition coefficient (Wildman–Crippen LogP) is 4.66. The number of rotatable bonds is 6. The van der Waals surface area contributed by atoms with Crippen molar-refractivity contribution in [1.29, 1.82) is 0 Å². The number of nitrogens with zero attached hydrogens (tertiary/aromatic N) is 4. The van der Waals surface area contributed by atoms with Crippen molar-refractivity contribution in [2.75, 3.05) is 31.5 Å². The van der Waals surface area contributed by atoms with Crippen LogP contribution in [0.1, 0.15) is 79.6 Å². The van der Waals surface area contributed by atoms with Crippen molar-refractivity contribution in [3.8, 4) is 0 Å². The zero-order valence-corrected chi connectivity index (χ0v) is 23.6. The highest BCUT2D eigenvalue weighted by atomic mass is 32.2. The Kier molecular flexibility index (Phi) is 7.63. The molecule has 1 N–H and O–H groups in total.